The molecule has 180 valence electrons. The first-order chi connectivity index (χ1) is 16.7. The standard InChI is InChI=1S/C28H35N3O3/c32-27(33-20-21-5-2-1-3-6-21)30-13-11-28(12-14-30)16-26(17-28)34-25-8-4-7-22(15-25)31-23-9-10-24(31)19-29-18-23/h1-8,15,23-24,26,29H,9-14,16-20H2. The van der Waals surface area contributed by atoms with Crippen LogP contribution in [0.1, 0.15) is 44.1 Å². The largest absolute Gasteiger partial charge is 0.490 e. The Kier molecular flexibility index (Phi) is 5.85. The summed E-state index contributed by atoms with van der Waals surface area (Å²) in [6.45, 7) is 4.07. The van der Waals surface area contributed by atoms with E-state index in [9.17, 15) is 4.79 Å². The number of amides is 1. The van der Waals surface area contributed by atoms with Crippen molar-refractivity contribution < 1.29 is 14.3 Å². The van der Waals surface area contributed by atoms with Gasteiger partial charge in [-0.15, -0.1) is 0 Å². The lowest BCUT2D eigenvalue weighted by Gasteiger charge is -2.51. The SMILES string of the molecule is O=C(OCc1ccccc1)N1CCC2(CC1)CC(Oc1cccc(N3C4CCC3CNC4)c1)C2. The summed E-state index contributed by atoms with van der Waals surface area (Å²) in [6, 6.07) is 19.8. The highest BCUT2D eigenvalue weighted by Crippen LogP contribution is 2.50. The monoisotopic (exact) mass is 461 g/mol. The highest BCUT2D eigenvalue weighted by molar-refractivity contribution is 5.67. The minimum atomic E-state index is -0.190. The van der Waals surface area contributed by atoms with E-state index in [0.717, 1.165) is 63.2 Å². The van der Waals surface area contributed by atoms with E-state index >= 15 is 0 Å². The third-order valence-electron chi connectivity index (χ3n) is 8.41. The number of fused-ring (bicyclic) bond motifs is 2. The number of hydrogen-bond donors (Lipinski definition) is 1. The molecular formula is C28H35N3O3. The Labute approximate surface area is 202 Å². The Bertz CT molecular complexity index is 981. The van der Waals surface area contributed by atoms with Crippen molar-refractivity contribution in [2.45, 2.75) is 63.3 Å². The second kappa shape index (κ2) is 9.14. The second-order valence-electron chi connectivity index (χ2n) is 10.6. The van der Waals surface area contributed by atoms with Crippen molar-refractivity contribution in [2.75, 3.05) is 31.1 Å². The van der Waals surface area contributed by atoms with Gasteiger partial charge in [-0.3, -0.25) is 0 Å². The van der Waals surface area contributed by atoms with Crippen LogP contribution in [0.2, 0.25) is 0 Å². The maximum absolute atomic E-state index is 12.5. The van der Waals surface area contributed by atoms with E-state index < -0.39 is 0 Å². The molecule has 2 aromatic carbocycles. The van der Waals surface area contributed by atoms with Crippen molar-refractivity contribution in [2.24, 2.45) is 5.41 Å². The van der Waals surface area contributed by atoms with Crippen LogP contribution in [-0.2, 0) is 11.3 Å². The zero-order chi connectivity index (χ0) is 23.0. The first-order valence-electron chi connectivity index (χ1n) is 12.9. The van der Waals surface area contributed by atoms with Crippen LogP contribution in [0.3, 0.4) is 0 Å². The van der Waals surface area contributed by atoms with Crippen LogP contribution in [0, 0.1) is 5.41 Å². The van der Waals surface area contributed by atoms with E-state index in [1.807, 2.05) is 35.2 Å². The van der Waals surface area contributed by atoms with Crippen LogP contribution in [0.25, 0.3) is 0 Å². The fourth-order valence-electron chi connectivity index (χ4n) is 6.48. The fraction of sp³-hybridized carbons (Fsp3) is 0.536. The molecule has 0 radical (unpaired) electrons. The molecule has 1 N–H and O–H groups in total. The quantitative estimate of drug-likeness (QED) is 0.706. The third kappa shape index (κ3) is 4.36. The van der Waals surface area contributed by atoms with Crippen molar-refractivity contribution in [3.8, 4) is 5.75 Å². The summed E-state index contributed by atoms with van der Waals surface area (Å²) in [4.78, 5) is 17.0. The summed E-state index contributed by atoms with van der Waals surface area (Å²) in [5.74, 6) is 0.997. The molecule has 2 aromatic rings. The molecule has 3 aliphatic heterocycles. The second-order valence-corrected chi connectivity index (χ2v) is 10.6. The summed E-state index contributed by atoms with van der Waals surface area (Å²) in [7, 11) is 0. The number of likely N-dealkylation sites (tertiary alicyclic amines) is 1. The van der Waals surface area contributed by atoms with Crippen LogP contribution >= 0.6 is 0 Å². The van der Waals surface area contributed by atoms with Gasteiger partial charge in [-0.25, -0.2) is 4.79 Å². The number of piperazine rings is 1. The van der Waals surface area contributed by atoms with Gasteiger partial charge in [-0.1, -0.05) is 36.4 Å². The van der Waals surface area contributed by atoms with Gasteiger partial charge in [0.1, 0.15) is 12.4 Å². The highest BCUT2D eigenvalue weighted by Gasteiger charge is 2.48. The Hall–Kier alpha value is -2.73. The van der Waals surface area contributed by atoms with Crippen LogP contribution in [0.15, 0.2) is 54.6 Å². The normalized spacial score (nSPS) is 25.8. The Morgan fingerprint density at radius 3 is 2.44 bits per heavy atom. The van der Waals surface area contributed by atoms with Crippen LogP contribution in [0.5, 0.6) is 5.75 Å². The molecule has 3 heterocycles. The summed E-state index contributed by atoms with van der Waals surface area (Å²) in [5.41, 5.74) is 2.66. The van der Waals surface area contributed by atoms with Crippen molar-refractivity contribution in [1.29, 1.82) is 0 Å². The van der Waals surface area contributed by atoms with Gasteiger partial charge < -0.3 is 24.6 Å². The molecule has 1 amide bonds. The van der Waals surface area contributed by atoms with Crippen molar-refractivity contribution in [3.63, 3.8) is 0 Å². The topological polar surface area (TPSA) is 54.0 Å². The van der Waals surface area contributed by atoms with Gasteiger partial charge in [0.15, 0.2) is 0 Å². The number of ether oxygens (including phenoxy) is 2. The van der Waals surface area contributed by atoms with Gasteiger partial charge in [-0.05, 0) is 61.6 Å². The molecule has 6 rings (SSSR count). The summed E-state index contributed by atoms with van der Waals surface area (Å²) in [6.07, 6.45) is 6.91. The predicted molar refractivity (Wildman–Crippen MR) is 132 cm³/mol. The predicted octanol–water partition coefficient (Wildman–Crippen LogP) is 4.59. The van der Waals surface area contributed by atoms with Crippen molar-refractivity contribution >= 4 is 11.8 Å². The number of piperidine rings is 1. The van der Waals surface area contributed by atoms with Gasteiger partial charge in [0.05, 0.1) is 6.10 Å². The minimum Gasteiger partial charge on any atom is -0.490 e. The zero-order valence-electron chi connectivity index (χ0n) is 19.8. The van der Waals surface area contributed by atoms with E-state index in [-0.39, 0.29) is 12.2 Å². The van der Waals surface area contributed by atoms with Crippen molar-refractivity contribution in [3.05, 3.63) is 60.2 Å². The smallest absolute Gasteiger partial charge is 0.410 e. The Balaban J connectivity index is 0.978. The van der Waals surface area contributed by atoms with Gasteiger partial charge >= 0.3 is 6.09 Å². The average Bonchev–Trinajstić information content (AvgIpc) is 3.11. The average molecular weight is 462 g/mol. The van der Waals surface area contributed by atoms with Gasteiger partial charge in [0.2, 0.25) is 0 Å². The molecule has 1 saturated carbocycles. The molecule has 4 aliphatic rings. The molecule has 1 aliphatic carbocycles. The number of anilines is 1. The number of carbonyl (C=O) groups excluding carboxylic acids is 1. The molecule has 4 fully saturated rings. The summed E-state index contributed by atoms with van der Waals surface area (Å²) < 4.78 is 11.9. The van der Waals surface area contributed by atoms with E-state index in [4.69, 9.17) is 9.47 Å². The number of rotatable bonds is 5. The van der Waals surface area contributed by atoms with E-state index in [1.165, 1.54) is 18.5 Å². The van der Waals surface area contributed by atoms with Crippen LogP contribution < -0.4 is 15.0 Å². The Morgan fingerprint density at radius 1 is 0.971 bits per heavy atom. The molecule has 6 nitrogen and oxygen atoms in total. The van der Waals surface area contributed by atoms with Gasteiger partial charge in [-0.2, -0.15) is 0 Å². The lowest BCUT2D eigenvalue weighted by Crippen LogP contribution is -2.52. The lowest BCUT2D eigenvalue weighted by atomic mass is 9.61. The first kappa shape index (κ1) is 21.8. The third-order valence-corrected chi connectivity index (χ3v) is 8.41. The summed E-state index contributed by atoms with van der Waals surface area (Å²) >= 11 is 0. The van der Waals surface area contributed by atoms with Gasteiger partial charge in [0, 0.05) is 50.0 Å². The fourth-order valence-corrected chi connectivity index (χ4v) is 6.48. The Morgan fingerprint density at radius 2 is 1.71 bits per heavy atom. The number of benzene rings is 2. The number of nitrogens with zero attached hydrogens (tertiary/aromatic N) is 2. The number of carbonyl (C=O) groups is 1. The molecule has 3 saturated heterocycles. The maximum atomic E-state index is 12.5. The lowest BCUT2D eigenvalue weighted by molar-refractivity contribution is -0.0536. The number of hydrogen-bond acceptors (Lipinski definition) is 5. The van der Waals surface area contributed by atoms with Crippen molar-refractivity contribution in [1.82, 2.24) is 10.2 Å². The highest BCUT2D eigenvalue weighted by atomic mass is 16.6. The molecule has 34 heavy (non-hydrogen) atoms. The zero-order valence-corrected chi connectivity index (χ0v) is 19.8. The molecule has 2 atom stereocenters. The molecule has 6 heteroatoms. The minimum absolute atomic E-state index is 0.190. The maximum Gasteiger partial charge on any atom is 0.410 e. The van der Waals surface area contributed by atoms with Gasteiger partial charge in [0.25, 0.3) is 0 Å². The molecule has 0 aromatic heterocycles. The van der Waals surface area contributed by atoms with E-state index in [0.29, 0.717) is 24.1 Å². The molecule has 1 spiro atoms. The molecular weight excluding hydrogens is 426 g/mol. The van der Waals surface area contributed by atoms with E-state index in [1.54, 1.807) is 0 Å². The molecule has 2 bridgehead atoms. The van der Waals surface area contributed by atoms with Crippen LogP contribution in [0.4, 0.5) is 10.5 Å². The summed E-state index contributed by atoms with van der Waals surface area (Å²) in [5, 5.41) is 3.56. The van der Waals surface area contributed by atoms with Crippen LogP contribution in [-0.4, -0.2) is 55.4 Å². The molecule has 2 unspecified atom stereocenters. The van der Waals surface area contributed by atoms with E-state index in [2.05, 4.69) is 34.5 Å². The first-order valence-corrected chi connectivity index (χ1v) is 12.9. The number of nitrogens with one attached hydrogen (secondary N) is 1.